The van der Waals surface area contributed by atoms with E-state index >= 15 is 0 Å². The molecule has 0 radical (unpaired) electrons. The average molecular weight is 274 g/mol. The standard InChI is InChI=1S/C17H20ClN/c1-12(2)15-9-7-14(8-10-15)11-19-17-6-4-5-16(18)13(17)3/h4-10,12,19H,11H2,1-3H3. The van der Waals surface area contributed by atoms with Crippen LogP contribution >= 0.6 is 11.6 Å². The molecule has 1 N–H and O–H groups in total. The summed E-state index contributed by atoms with van der Waals surface area (Å²) >= 11 is 6.11. The van der Waals surface area contributed by atoms with E-state index in [0.717, 1.165) is 22.8 Å². The fraction of sp³-hybridized carbons (Fsp3) is 0.294. The minimum atomic E-state index is 0.581. The Labute approximate surface area is 120 Å². The molecule has 0 amide bonds. The third-order valence-electron chi connectivity index (χ3n) is 3.40. The van der Waals surface area contributed by atoms with Crippen LogP contribution in [0.5, 0.6) is 0 Å². The van der Waals surface area contributed by atoms with Gasteiger partial charge in [-0.05, 0) is 41.7 Å². The van der Waals surface area contributed by atoms with Crippen LogP contribution in [0, 0.1) is 6.92 Å². The summed E-state index contributed by atoms with van der Waals surface area (Å²) in [6.45, 7) is 7.28. The van der Waals surface area contributed by atoms with Crippen LogP contribution < -0.4 is 5.32 Å². The highest BCUT2D eigenvalue weighted by Gasteiger charge is 2.02. The van der Waals surface area contributed by atoms with Crippen molar-refractivity contribution >= 4 is 17.3 Å². The molecule has 0 aliphatic rings. The summed E-state index contributed by atoms with van der Waals surface area (Å²) in [6.07, 6.45) is 0. The molecule has 0 fully saturated rings. The molecule has 0 saturated heterocycles. The Bertz CT molecular complexity index is 544. The van der Waals surface area contributed by atoms with Crippen molar-refractivity contribution in [2.24, 2.45) is 0 Å². The second-order valence-electron chi connectivity index (χ2n) is 5.16. The van der Waals surface area contributed by atoms with Crippen LogP contribution in [0.1, 0.15) is 36.5 Å². The summed E-state index contributed by atoms with van der Waals surface area (Å²) in [4.78, 5) is 0. The van der Waals surface area contributed by atoms with Crippen molar-refractivity contribution in [3.8, 4) is 0 Å². The first kappa shape index (κ1) is 14.0. The van der Waals surface area contributed by atoms with E-state index in [2.05, 4.69) is 49.5 Å². The van der Waals surface area contributed by atoms with Crippen molar-refractivity contribution in [1.82, 2.24) is 0 Å². The topological polar surface area (TPSA) is 12.0 Å². The third kappa shape index (κ3) is 3.51. The summed E-state index contributed by atoms with van der Waals surface area (Å²) in [5.41, 5.74) is 4.86. The first-order valence-corrected chi connectivity index (χ1v) is 7.03. The van der Waals surface area contributed by atoms with Crippen molar-refractivity contribution in [3.05, 3.63) is 64.2 Å². The number of nitrogens with one attached hydrogen (secondary N) is 1. The summed E-state index contributed by atoms with van der Waals surface area (Å²) < 4.78 is 0. The van der Waals surface area contributed by atoms with Gasteiger partial charge in [0, 0.05) is 17.3 Å². The number of halogens is 1. The molecule has 0 saturated carbocycles. The van der Waals surface area contributed by atoms with Gasteiger partial charge in [0.05, 0.1) is 0 Å². The van der Waals surface area contributed by atoms with Gasteiger partial charge < -0.3 is 5.32 Å². The third-order valence-corrected chi connectivity index (χ3v) is 3.81. The highest BCUT2D eigenvalue weighted by atomic mass is 35.5. The van der Waals surface area contributed by atoms with Crippen LogP contribution in [-0.4, -0.2) is 0 Å². The van der Waals surface area contributed by atoms with Crippen LogP contribution in [-0.2, 0) is 6.54 Å². The predicted octanol–water partition coefficient (Wildman–Crippen LogP) is 5.38. The smallest absolute Gasteiger partial charge is 0.0455 e. The molecule has 0 aliphatic heterocycles. The average Bonchev–Trinajstić information content (AvgIpc) is 2.41. The second kappa shape index (κ2) is 6.12. The van der Waals surface area contributed by atoms with E-state index in [0.29, 0.717) is 5.92 Å². The van der Waals surface area contributed by atoms with E-state index in [1.54, 1.807) is 0 Å². The molecule has 0 spiro atoms. The van der Waals surface area contributed by atoms with Crippen molar-refractivity contribution in [1.29, 1.82) is 0 Å². The molecule has 0 bridgehead atoms. The van der Waals surface area contributed by atoms with E-state index in [4.69, 9.17) is 11.6 Å². The second-order valence-corrected chi connectivity index (χ2v) is 5.57. The quantitative estimate of drug-likeness (QED) is 0.788. The molecule has 1 nitrogen and oxygen atoms in total. The zero-order valence-electron chi connectivity index (χ0n) is 11.7. The Kier molecular flexibility index (Phi) is 4.49. The summed E-state index contributed by atoms with van der Waals surface area (Å²) in [7, 11) is 0. The Balaban J connectivity index is 2.04. The van der Waals surface area contributed by atoms with Gasteiger partial charge >= 0.3 is 0 Å². The van der Waals surface area contributed by atoms with Crippen molar-refractivity contribution in [2.75, 3.05) is 5.32 Å². The molecule has 2 heteroatoms. The molecule has 0 unspecified atom stereocenters. The molecule has 100 valence electrons. The SMILES string of the molecule is Cc1c(Cl)cccc1NCc1ccc(C(C)C)cc1. The van der Waals surface area contributed by atoms with E-state index in [1.165, 1.54) is 11.1 Å². The fourth-order valence-electron chi connectivity index (χ4n) is 2.02. The van der Waals surface area contributed by atoms with Gasteiger partial charge in [-0.25, -0.2) is 0 Å². The molecule has 2 aromatic rings. The molecule has 0 heterocycles. The summed E-state index contributed by atoms with van der Waals surface area (Å²) in [5, 5.41) is 4.24. The van der Waals surface area contributed by atoms with Gasteiger partial charge in [-0.2, -0.15) is 0 Å². The van der Waals surface area contributed by atoms with Gasteiger partial charge in [0.25, 0.3) is 0 Å². The van der Waals surface area contributed by atoms with E-state index < -0.39 is 0 Å². The van der Waals surface area contributed by atoms with Gasteiger partial charge in [0.1, 0.15) is 0 Å². The monoisotopic (exact) mass is 273 g/mol. The van der Waals surface area contributed by atoms with Crippen LogP contribution in [0.15, 0.2) is 42.5 Å². The van der Waals surface area contributed by atoms with Gasteiger partial charge in [-0.15, -0.1) is 0 Å². The first-order valence-electron chi connectivity index (χ1n) is 6.65. The first-order chi connectivity index (χ1) is 9.08. The van der Waals surface area contributed by atoms with Crippen LogP contribution in [0.4, 0.5) is 5.69 Å². The van der Waals surface area contributed by atoms with Gasteiger partial charge in [0.2, 0.25) is 0 Å². The molecule has 0 aliphatic carbocycles. The highest BCUT2D eigenvalue weighted by Crippen LogP contribution is 2.23. The van der Waals surface area contributed by atoms with Crippen molar-refractivity contribution in [2.45, 2.75) is 33.2 Å². The van der Waals surface area contributed by atoms with Gasteiger partial charge in [-0.3, -0.25) is 0 Å². The molecule has 2 aromatic carbocycles. The van der Waals surface area contributed by atoms with Crippen LogP contribution in [0.2, 0.25) is 5.02 Å². The van der Waals surface area contributed by atoms with Gasteiger partial charge in [-0.1, -0.05) is 55.8 Å². The lowest BCUT2D eigenvalue weighted by Crippen LogP contribution is -2.01. The zero-order valence-corrected chi connectivity index (χ0v) is 12.5. The van der Waals surface area contributed by atoms with Crippen LogP contribution in [0.25, 0.3) is 0 Å². The van der Waals surface area contributed by atoms with Crippen molar-refractivity contribution in [3.63, 3.8) is 0 Å². The number of hydrogen-bond donors (Lipinski definition) is 1. The number of anilines is 1. The summed E-state index contributed by atoms with van der Waals surface area (Å²) in [6, 6.07) is 14.7. The van der Waals surface area contributed by atoms with Gasteiger partial charge in [0.15, 0.2) is 0 Å². The van der Waals surface area contributed by atoms with Crippen LogP contribution in [0.3, 0.4) is 0 Å². The molecule has 19 heavy (non-hydrogen) atoms. The minimum Gasteiger partial charge on any atom is -0.381 e. The zero-order chi connectivity index (χ0) is 13.8. The number of rotatable bonds is 4. The molecule has 2 rings (SSSR count). The maximum absolute atomic E-state index is 6.11. The largest absolute Gasteiger partial charge is 0.381 e. The Hall–Kier alpha value is -1.47. The number of hydrogen-bond acceptors (Lipinski definition) is 1. The minimum absolute atomic E-state index is 0.581. The highest BCUT2D eigenvalue weighted by molar-refractivity contribution is 6.31. The summed E-state index contributed by atoms with van der Waals surface area (Å²) in [5.74, 6) is 0.581. The van der Waals surface area contributed by atoms with Crippen molar-refractivity contribution < 1.29 is 0 Å². The normalized spacial score (nSPS) is 10.8. The lowest BCUT2D eigenvalue weighted by Gasteiger charge is -2.11. The van der Waals surface area contributed by atoms with E-state index in [9.17, 15) is 0 Å². The Morgan fingerprint density at radius 2 is 1.74 bits per heavy atom. The fourth-order valence-corrected chi connectivity index (χ4v) is 2.19. The molecule has 0 aromatic heterocycles. The lowest BCUT2D eigenvalue weighted by atomic mass is 10.0. The predicted molar refractivity (Wildman–Crippen MR) is 84.0 cm³/mol. The maximum Gasteiger partial charge on any atom is 0.0455 e. The lowest BCUT2D eigenvalue weighted by molar-refractivity contribution is 0.865. The Morgan fingerprint density at radius 3 is 2.37 bits per heavy atom. The Morgan fingerprint density at radius 1 is 1.05 bits per heavy atom. The maximum atomic E-state index is 6.11. The molecule has 0 atom stereocenters. The molecular formula is C17H20ClN. The van der Waals surface area contributed by atoms with E-state index in [1.807, 2.05) is 19.1 Å². The van der Waals surface area contributed by atoms with E-state index in [-0.39, 0.29) is 0 Å². The molecular weight excluding hydrogens is 254 g/mol. The number of benzene rings is 2.